The van der Waals surface area contributed by atoms with Gasteiger partial charge in [-0.25, -0.2) is 4.39 Å². The zero-order chi connectivity index (χ0) is 19.2. The molecule has 4 rings (SSSR count). The molecule has 2 aromatic carbocycles. The lowest BCUT2D eigenvalue weighted by atomic mass is 9.98. The number of rotatable bonds is 5. The Hall–Kier alpha value is -3.10. The molecule has 6 nitrogen and oxygen atoms in total. The van der Waals surface area contributed by atoms with Crippen molar-refractivity contribution in [2.75, 3.05) is 6.61 Å². The summed E-state index contributed by atoms with van der Waals surface area (Å²) in [5.74, 6) is -1.75. The second-order valence-electron chi connectivity index (χ2n) is 6.15. The molecule has 0 aliphatic carbocycles. The van der Waals surface area contributed by atoms with Crippen molar-refractivity contribution in [2.45, 2.75) is 25.2 Å². The van der Waals surface area contributed by atoms with Crippen LogP contribution in [0, 0.1) is 5.82 Å². The minimum Gasteiger partial charge on any atom is -0.492 e. The predicted octanol–water partition coefficient (Wildman–Crippen LogP) is 3.68. The van der Waals surface area contributed by atoms with Gasteiger partial charge in [0.25, 0.3) is 0 Å². The van der Waals surface area contributed by atoms with Crippen molar-refractivity contribution in [3.63, 3.8) is 0 Å². The fourth-order valence-electron chi connectivity index (χ4n) is 3.08. The maximum Gasteiger partial charge on any atom is 0.586 e. The van der Waals surface area contributed by atoms with Crippen molar-refractivity contribution in [3.05, 3.63) is 47.3 Å². The maximum absolute atomic E-state index is 13.6. The number of ether oxygens (including phenoxy) is 4. The van der Waals surface area contributed by atoms with E-state index in [9.17, 15) is 18.0 Å². The van der Waals surface area contributed by atoms with Crippen LogP contribution in [0.5, 0.6) is 23.0 Å². The summed E-state index contributed by atoms with van der Waals surface area (Å²) in [6, 6.07) is 6.70. The summed E-state index contributed by atoms with van der Waals surface area (Å²) < 4.78 is 59.7. The molecule has 2 aromatic rings. The van der Waals surface area contributed by atoms with Crippen molar-refractivity contribution in [1.82, 2.24) is 0 Å². The second kappa shape index (κ2) is 6.26. The Kier molecular flexibility index (Phi) is 4.01. The molecule has 0 aromatic heterocycles. The molecule has 0 saturated heterocycles. The molecule has 142 valence electrons. The first kappa shape index (κ1) is 17.3. The van der Waals surface area contributed by atoms with Gasteiger partial charge in [0.15, 0.2) is 11.5 Å². The monoisotopic (exact) mass is 382 g/mol. The Morgan fingerprint density at radius 3 is 2.81 bits per heavy atom. The lowest BCUT2D eigenvalue weighted by Gasteiger charge is -2.11. The smallest absolute Gasteiger partial charge is 0.492 e. The Morgan fingerprint density at radius 2 is 2.04 bits per heavy atom. The van der Waals surface area contributed by atoms with E-state index in [4.69, 9.17) is 14.6 Å². The van der Waals surface area contributed by atoms with E-state index in [1.807, 2.05) is 0 Å². The third-order valence-electron chi connectivity index (χ3n) is 4.23. The SMILES string of the molecule is O=C(O)CC1COc2cc(OCc3cc(F)cc4c3OC(F)(F)O4)ccc21. The largest absolute Gasteiger partial charge is 0.586 e. The molecule has 1 N–H and O–H groups in total. The molecular formula is C18H13F3O6. The van der Waals surface area contributed by atoms with Gasteiger partial charge in [0.2, 0.25) is 0 Å². The zero-order valence-corrected chi connectivity index (χ0v) is 13.7. The third-order valence-corrected chi connectivity index (χ3v) is 4.23. The minimum atomic E-state index is -3.86. The van der Waals surface area contributed by atoms with Crippen LogP contribution >= 0.6 is 0 Å². The number of carboxylic acids is 1. The second-order valence-corrected chi connectivity index (χ2v) is 6.15. The Balaban J connectivity index is 1.50. The molecular weight excluding hydrogens is 369 g/mol. The molecule has 2 aliphatic rings. The number of fused-ring (bicyclic) bond motifs is 2. The van der Waals surface area contributed by atoms with Crippen LogP contribution < -0.4 is 18.9 Å². The van der Waals surface area contributed by atoms with Crippen LogP contribution in [0.25, 0.3) is 0 Å². The number of hydrogen-bond acceptors (Lipinski definition) is 5. The minimum absolute atomic E-state index is 0.0474. The molecule has 0 spiro atoms. The van der Waals surface area contributed by atoms with E-state index in [1.54, 1.807) is 18.2 Å². The number of halogens is 3. The normalized spacial score (nSPS) is 18.7. The quantitative estimate of drug-likeness (QED) is 0.851. The van der Waals surface area contributed by atoms with Crippen molar-refractivity contribution >= 4 is 5.97 Å². The summed E-state index contributed by atoms with van der Waals surface area (Å²) >= 11 is 0. The van der Waals surface area contributed by atoms with Crippen LogP contribution in [0.2, 0.25) is 0 Å². The van der Waals surface area contributed by atoms with Gasteiger partial charge in [0.1, 0.15) is 23.9 Å². The van der Waals surface area contributed by atoms with Crippen LogP contribution in [-0.2, 0) is 11.4 Å². The highest BCUT2D eigenvalue weighted by molar-refractivity contribution is 5.68. The number of carboxylic acid groups (broad SMARTS) is 1. The van der Waals surface area contributed by atoms with E-state index < -0.39 is 23.8 Å². The van der Waals surface area contributed by atoms with Gasteiger partial charge < -0.3 is 24.1 Å². The average Bonchev–Trinajstić information content (AvgIpc) is 3.11. The maximum atomic E-state index is 13.6. The van der Waals surface area contributed by atoms with Gasteiger partial charge in [-0.05, 0) is 12.1 Å². The van der Waals surface area contributed by atoms with Gasteiger partial charge in [0, 0.05) is 29.2 Å². The van der Waals surface area contributed by atoms with E-state index in [0.717, 1.165) is 17.7 Å². The van der Waals surface area contributed by atoms with Crippen molar-refractivity contribution in [1.29, 1.82) is 0 Å². The van der Waals surface area contributed by atoms with Gasteiger partial charge >= 0.3 is 12.3 Å². The van der Waals surface area contributed by atoms with Crippen LogP contribution in [0.15, 0.2) is 30.3 Å². The Morgan fingerprint density at radius 1 is 1.22 bits per heavy atom. The number of hydrogen-bond donors (Lipinski definition) is 1. The summed E-state index contributed by atoms with van der Waals surface area (Å²) in [7, 11) is 0. The van der Waals surface area contributed by atoms with Crippen molar-refractivity contribution < 1.29 is 42.0 Å². The molecule has 1 unspecified atom stereocenters. The number of carbonyl (C=O) groups is 1. The standard InChI is InChI=1S/C18H13F3O6/c19-11-3-10(17-15(5-11)26-18(20,21)27-17)8-24-12-1-2-13-9(4-16(22)23)7-25-14(13)6-12/h1-3,5-6,9H,4,7-8H2,(H,22,23). The fourth-order valence-corrected chi connectivity index (χ4v) is 3.08. The van der Waals surface area contributed by atoms with E-state index in [1.165, 1.54) is 0 Å². The lowest BCUT2D eigenvalue weighted by Crippen LogP contribution is -2.26. The molecule has 0 amide bonds. The van der Waals surface area contributed by atoms with Gasteiger partial charge in [-0.1, -0.05) is 6.07 Å². The molecule has 27 heavy (non-hydrogen) atoms. The number of alkyl halides is 2. The summed E-state index contributed by atoms with van der Waals surface area (Å²) in [6.45, 7) is 0.0135. The molecule has 2 heterocycles. The molecule has 1 atom stereocenters. The Bertz CT molecular complexity index is 914. The fraction of sp³-hybridized carbons (Fsp3) is 0.278. The molecule has 9 heteroatoms. The topological polar surface area (TPSA) is 74.2 Å². The van der Waals surface area contributed by atoms with Gasteiger partial charge in [0.05, 0.1) is 13.0 Å². The number of benzene rings is 2. The Labute approximate surface area is 151 Å². The van der Waals surface area contributed by atoms with Crippen LogP contribution in [0.4, 0.5) is 13.2 Å². The zero-order valence-electron chi connectivity index (χ0n) is 13.7. The summed E-state index contributed by atoms with van der Waals surface area (Å²) in [4.78, 5) is 10.9. The molecule has 0 radical (unpaired) electrons. The van der Waals surface area contributed by atoms with Crippen molar-refractivity contribution in [3.8, 4) is 23.0 Å². The van der Waals surface area contributed by atoms with E-state index in [0.29, 0.717) is 11.5 Å². The van der Waals surface area contributed by atoms with Crippen LogP contribution in [-0.4, -0.2) is 24.0 Å². The first-order chi connectivity index (χ1) is 12.8. The van der Waals surface area contributed by atoms with E-state index >= 15 is 0 Å². The lowest BCUT2D eigenvalue weighted by molar-refractivity contribution is -0.287. The van der Waals surface area contributed by atoms with E-state index in [-0.39, 0.29) is 36.9 Å². The third kappa shape index (κ3) is 3.44. The molecule has 0 saturated carbocycles. The predicted molar refractivity (Wildman–Crippen MR) is 83.9 cm³/mol. The highest BCUT2D eigenvalue weighted by Gasteiger charge is 2.45. The first-order valence-electron chi connectivity index (χ1n) is 8.00. The number of aliphatic carboxylic acids is 1. The van der Waals surface area contributed by atoms with Gasteiger partial charge in [-0.3, -0.25) is 4.79 Å². The average molecular weight is 382 g/mol. The van der Waals surface area contributed by atoms with Crippen molar-refractivity contribution in [2.24, 2.45) is 0 Å². The molecule has 0 bridgehead atoms. The highest BCUT2D eigenvalue weighted by Crippen LogP contribution is 2.44. The van der Waals surface area contributed by atoms with Crippen LogP contribution in [0.3, 0.4) is 0 Å². The summed E-state index contributed by atoms with van der Waals surface area (Å²) in [6.07, 6.45) is -3.90. The summed E-state index contributed by atoms with van der Waals surface area (Å²) in [5, 5.41) is 8.91. The van der Waals surface area contributed by atoms with Gasteiger partial charge in [-0.2, -0.15) is 0 Å². The van der Waals surface area contributed by atoms with Crippen LogP contribution in [0.1, 0.15) is 23.5 Å². The molecule has 0 fully saturated rings. The first-order valence-corrected chi connectivity index (χ1v) is 8.00. The molecule has 2 aliphatic heterocycles. The summed E-state index contributed by atoms with van der Waals surface area (Å²) in [5.41, 5.74) is 0.820. The van der Waals surface area contributed by atoms with E-state index in [2.05, 4.69) is 9.47 Å². The van der Waals surface area contributed by atoms with Gasteiger partial charge in [-0.15, -0.1) is 8.78 Å². The highest BCUT2D eigenvalue weighted by atomic mass is 19.3.